The van der Waals surface area contributed by atoms with Crippen molar-refractivity contribution in [1.29, 1.82) is 0 Å². The average Bonchev–Trinajstić information content (AvgIpc) is 2.48. The second kappa shape index (κ2) is 7.38. The van der Waals surface area contributed by atoms with Crippen LogP contribution < -0.4 is 10.6 Å². The van der Waals surface area contributed by atoms with Crippen molar-refractivity contribution in [3.05, 3.63) is 63.0 Å². The molecule has 0 bridgehead atoms. The number of carbonyl (C=O) groups is 2. The van der Waals surface area contributed by atoms with E-state index in [0.29, 0.717) is 15.7 Å². The van der Waals surface area contributed by atoms with Crippen LogP contribution in [0.4, 0.5) is 5.69 Å². The van der Waals surface area contributed by atoms with E-state index < -0.39 is 0 Å². The van der Waals surface area contributed by atoms with Gasteiger partial charge in [-0.05, 0) is 52.3 Å². The van der Waals surface area contributed by atoms with Gasteiger partial charge in [0.05, 0.1) is 12.1 Å². The minimum atomic E-state index is -0.298. The lowest BCUT2D eigenvalue weighted by Crippen LogP contribution is -2.33. The van der Waals surface area contributed by atoms with Gasteiger partial charge in [-0.1, -0.05) is 28.1 Å². The first-order valence-electron chi connectivity index (χ1n) is 6.14. The fraction of sp³-hybridized carbons (Fsp3) is 0.0667. The van der Waals surface area contributed by atoms with Gasteiger partial charge in [-0.25, -0.2) is 0 Å². The SMILES string of the molecule is O=C(CNC(=O)c1ccccc1Br)Nc1ccc(Br)cc1. The second-order valence-corrected chi connectivity index (χ2v) is 5.99. The summed E-state index contributed by atoms with van der Waals surface area (Å²) >= 11 is 6.62. The summed E-state index contributed by atoms with van der Waals surface area (Å²) < 4.78 is 1.62. The molecule has 0 aliphatic heterocycles. The highest BCUT2D eigenvalue weighted by Crippen LogP contribution is 2.15. The number of amides is 2. The van der Waals surface area contributed by atoms with Gasteiger partial charge in [0, 0.05) is 14.6 Å². The maximum Gasteiger partial charge on any atom is 0.252 e. The van der Waals surface area contributed by atoms with E-state index in [9.17, 15) is 9.59 Å². The van der Waals surface area contributed by atoms with Crippen LogP contribution in [-0.2, 0) is 4.79 Å². The smallest absolute Gasteiger partial charge is 0.252 e. The number of benzene rings is 2. The Kier molecular flexibility index (Phi) is 5.52. The van der Waals surface area contributed by atoms with Gasteiger partial charge in [0.15, 0.2) is 0 Å². The Balaban J connectivity index is 1.88. The van der Waals surface area contributed by atoms with E-state index in [1.807, 2.05) is 18.2 Å². The average molecular weight is 412 g/mol. The third-order valence-corrected chi connectivity index (χ3v) is 3.88. The monoisotopic (exact) mass is 410 g/mol. The molecule has 0 saturated heterocycles. The summed E-state index contributed by atoms with van der Waals surface area (Å²) in [7, 11) is 0. The molecule has 0 spiro atoms. The molecule has 0 aromatic heterocycles. The van der Waals surface area contributed by atoms with E-state index >= 15 is 0 Å². The maximum absolute atomic E-state index is 11.9. The Morgan fingerprint density at radius 1 is 0.952 bits per heavy atom. The maximum atomic E-state index is 11.9. The lowest BCUT2D eigenvalue weighted by Gasteiger charge is -2.08. The van der Waals surface area contributed by atoms with Gasteiger partial charge < -0.3 is 10.6 Å². The van der Waals surface area contributed by atoms with E-state index in [1.54, 1.807) is 30.3 Å². The predicted molar refractivity (Wildman–Crippen MR) is 89.2 cm³/mol. The Morgan fingerprint density at radius 2 is 1.62 bits per heavy atom. The fourth-order valence-electron chi connectivity index (χ4n) is 1.64. The first-order chi connectivity index (χ1) is 10.1. The second-order valence-electron chi connectivity index (χ2n) is 4.22. The number of rotatable bonds is 4. The van der Waals surface area contributed by atoms with Crippen molar-refractivity contribution in [1.82, 2.24) is 5.32 Å². The summed E-state index contributed by atoms with van der Waals surface area (Å²) in [5.41, 5.74) is 1.17. The van der Waals surface area contributed by atoms with Crippen molar-refractivity contribution >= 4 is 49.4 Å². The molecule has 2 N–H and O–H groups in total. The van der Waals surface area contributed by atoms with E-state index in [2.05, 4.69) is 42.5 Å². The summed E-state index contributed by atoms with van der Waals surface area (Å²) in [5, 5.41) is 5.29. The van der Waals surface area contributed by atoms with Crippen molar-refractivity contribution < 1.29 is 9.59 Å². The van der Waals surface area contributed by atoms with Crippen molar-refractivity contribution in [2.45, 2.75) is 0 Å². The number of anilines is 1. The number of halogens is 2. The standard InChI is InChI=1S/C15H12Br2N2O2/c16-10-5-7-11(8-6-10)19-14(20)9-18-15(21)12-3-1-2-4-13(12)17/h1-8H,9H2,(H,18,21)(H,19,20). The van der Waals surface area contributed by atoms with Crippen LogP contribution in [0.15, 0.2) is 57.5 Å². The molecule has 2 aromatic carbocycles. The molecule has 4 nitrogen and oxygen atoms in total. The molecule has 108 valence electrons. The van der Waals surface area contributed by atoms with Crippen LogP contribution in [0.2, 0.25) is 0 Å². The van der Waals surface area contributed by atoms with E-state index in [4.69, 9.17) is 0 Å². The van der Waals surface area contributed by atoms with Crippen LogP contribution in [0.5, 0.6) is 0 Å². The minimum absolute atomic E-state index is 0.0871. The van der Waals surface area contributed by atoms with Crippen molar-refractivity contribution in [2.24, 2.45) is 0 Å². The van der Waals surface area contributed by atoms with Crippen molar-refractivity contribution in [3.63, 3.8) is 0 Å². The molecule has 21 heavy (non-hydrogen) atoms. The van der Waals surface area contributed by atoms with Gasteiger partial charge in [-0.15, -0.1) is 0 Å². The van der Waals surface area contributed by atoms with Gasteiger partial charge in [-0.3, -0.25) is 9.59 Å². The van der Waals surface area contributed by atoms with Crippen LogP contribution >= 0.6 is 31.9 Å². The highest BCUT2D eigenvalue weighted by atomic mass is 79.9. The van der Waals surface area contributed by atoms with Gasteiger partial charge in [0.25, 0.3) is 5.91 Å². The molecular formula is C15H12Br2N2O2. The number of hydrogen-bond donors (Lipinski definition) is 2. The first kappa shape index (κ1) is 15.7. The van der Waals surface area contributed by atoms with Gasteiger partial charge in [-0.2, -0.15) is 0 Å². The molecule has 0 unspecified atom stereocenters. The Labute approximate surface area is 139 Å². The van der Waals surface area contributed by atoms with Crippen LogP contribution in [0.1, 0.15) is 10.4 Å². The Bertz CT molecular complexity index is 657. The number of carbonyl (C=O) groups excluding carboxylic acids is 2. The first-order valence-corrected chi connectivity index (χ1v) is 7.73. The summed E-state index contributed by atoms with van der Waals surface area (Å²) in [6.45, 7) is -0.0871. The molecule has 0 atom stereocenters. The topological polar surface area (TPSA) is 58.2 Å². The molecule has 2 amide bonds. The molecule has 0 radical (unpaired) electrons. The van der Waals surface area contributed by atoms with Gasteiger partial charge in [0.2, 0.25) is 5.91 Å². The minimum Gasteiger partial charge on any atom is -0.343 e. The molecule has 2 aromatic rings. The molecule has 6 heteroatoms. The largest absolute Gasteiger partial charge is 0.343 e. The zero-order valence-corrected chi connectivity index (χ0v) is 14.1. The lowest BCUT2D eigenvalue weighted by atomic mass is 10.2. The van der Waals surface area contributed by atoms with E-state index in [1.165, 1.54) is 0 Å². The normalized spacial score (nSPS) is 10.0. The quantitative estimate of drug-likeness (QED) is 0.807. The zero-order chi connectivity index (χ0) is 15.2. The highest BCUT2D eigenvalue weighted by molar-refractivity contribution is 9.10. The number of hydrogen-bond acceptors (Lipinski definition) is 2. The van der Waals surface area contributed by atoms with E-state index in [0.717, 1.165) is 4.47 Å². The third kappa shape index (κ3) is 4.68. The summed E-state index contributed by atoms with van der Waals surface area (Å²) in [6, 6.07) is 14.3. The highest BCUT2D eigenvalue weighted by Gasteiger charge is 2.10. The van der Waals surface area contributed by atoms with Gasteiger partial charge >= 0.3 is 0 Å². The molecule has 0 aliphatic rings. The molecule has 0 heterocycles. The zero-order valence-electron chi connectivity index (χ0n) is 10.9. The Morgan fingerprint density at radius 3 is 2.29 bits per heavy atom. The summed E-state index contributed by atoms with van der Waals surface area (Å²) in [6.07, 6.45) is 0. The van der Waals surface area contributed by atoms with Crippen LogP contribution in [-0.4, -0.2) is 18.4 Å². The Hall–Kier alpha value is -1.66. The molecule has 0 saturated carbocycles. The third-order valence-electron chi connectivity index (χ3n) is 2.66. The molecule has 0 aliphatic carbocycles. The van der Waals surface area contributed by atoms with Crippen molar-refractivity contribution in [2.75, 3.05) is 11.9 Å². The molecule has 0 fully saturated rings. The van der Waals surface area contributed by atoms with Crippen LogP contribution in [0.3, 0.4) is 0 Å². The van der Waals surface area contributed by atoms with E-state index in [-0.39, 0.29) is 18.4 Å². The molecule has 2 rings (SSSR count). The van der Waals surface area contributed by atoms with Crippen LogP contribution in [0.25, 0.3) is 0 Å². The number of nitrogens with one attached hydrogen (secondary N) is 2. The van der Waals surface area contributed by atoms with Gasteiger partial charge in [0.1, 0.15) is 0 Å². The summed E-state index contributed by atoms with van der Waals surface area (Å²) in [4.78, 5) is 23.7. The summed E-state index contributed by atoms with van der Waals surface area (Å²) in [5.74, 6) is -0.578. The predicted octanol–water partition coefficient (Wildman–Crippen LogP) is 3.58. The van der Waals surface area contributed by atoms with Crippen molar-refractivity contribution in [3.8, 4) is 0 Å². The fourth-order valence-corrected chi connectivity index (χ4v) is 2.37. The van der Waals surface area contributed by atoms with Crippen LogP contribution in [0, 0.1) is 0 Å². The molecular weight excluding hydrogens is 400 g/mol. The lowest BCUT2D eigenvalue weighted by molar-refractivity contribution is -0.115.